The lowest BCUT2D eigenvalue weighted by Crippen LogP contribution is -1.93. The summed E-state index contributed by atoms with van der Waals surface area (Å²) in [5.74, 6) is 0. The Morgan fingerprint density at radius 1 is 1.46 bits per heavy atom. The van der Waals surface area contributed by atoms with Crippen molar-refractivity contribution >= 4 is 17.3 Å². The number of pyridine rings is 1. The highest BCUT2D eigenvalue weighted by Gasteiger charge is 2.04. The predicted octanol–water partition coefficient (Wildman–Crippen LogP) is 1.69. The van der Waals surface area contributed by atoms with E-state index in [1.165, 1.54) is 0 Å². The summed E-state index contributed by atoms with van der Waals surface area (Å²) < 4.78 is 1.85. The molecule has 2 heterocycles. The fourth-order valence-corrected chi connectivity index (χ4v) is 1.43. The molecule has 0 amide bonds. The standard InChI is InChI=1S/C10H10N2O/c1-7-3-10-9(11-5-7)4-8(6-13)12(10)2/h3-6H,1-2H3. The fourth-order valence-electron chi connectivity index (χ4n) is 1.43. The van der Waals surface area contributed by atoms with Gasteiger partial charge in [0.2, 0.25) is 0 Å². The Morgan fingerprint density at radius 3 is 2.92 bits per heavy atom. The van der Waals surface area contributed by atoms with E-state index in [9.17, 15) is 4.79 Å². The predicted molar refractivity (Wildman–Crippen MR) is 50.8 cm³/mol. The molecule has 0 aliphatic carbocycles. The van der Waals surface area contributed by atoms with E-state index in [0.29, 0.717) is 5.69 Å². The first-order valence-electron chi connectivity index (χ1n) is 4.09. The third kappa shape index (κ3) is 1.13. The first-order valence-corrected chi connectivity index (χ1v) is 4.09. The summed E-state index contributed by atoms with van der Waals surface area (Å²) in [6.07, 6.45) is 2.65. The smallest absolute Gasteiger partial charge is 0.166 e. The Hall–Kier alpha value is -1.64. The summed E-state index contributed by atoms with van der Waals surface area (Å²) in [7, 11) is 1.87. The van der Waals surface area contributed by atoms with Crippen molar-refractivity contribution in [3.05, 3.63) is 29.6 Å². The molecule has 0 bridgehead atoms. The van der Waals surface area contributed by atoms with Crippen molar-refractivity contribution < 1.29 is 4.79 Å². The summed E-state index contributed by atoms with van der Waals surface area (Å²) in [5.41, 5.74) is 3.64. The molecule has 2 aromatic rings. The van der Waals surface area contributed by atoms with Gasteiger partial charge in [0.05, 0.1) is 16.7 Å². The van der Waals surface area contributed by atoms with Crippen LogP contribution in [-0.2, 0) is 7.05 Å². The van der Waals surface area contributed by atoms with Crippen molar-refractivity contribution in [2.45, 2.75) is 6.92 Å². The first kappa shape index (κ1) is 7.98. The monoisotopic (exact) mass is 174 g/mol. The normalized spacial score (nSPS) is 10.6. The SMILES string of the molecule is Cc1cnc2cc(C=O)n(C)c2c1. The van der Waals surface area contributed by atoms with E-state index in [1.54, 1.807) is 12.3 Å². The number of carbonyl (C=O) groups is 1. The Kier molecular flexibility index (Phi) is 1.65. The molecule has 0 aliphatic heterocycles. The average Bonchev–Trinajstić information content (AvgIpc) is 2.44. The van der Waals surface area contributed by atoms with Crippen molar-refractivity contribution in [2.75, 3.05) is 0 Å². The third-order valence-corrected chi connectivity index (χ3v) is 2.19. The number of aromatic nitrogens is 2. The molecule has 2 aromatic heterocycles. The number of carbonyl (C=O) groups excluding carboxylic acids is 1. The lowest BCUT2D eigenvalue weighted by atomic mass is 10.3. The quantitative estimate of drug-likeness (QED) is 0.617. The van der Waals surface area contributed by atoms with E-state index in [2.05, 4.69) is 4.98 Å². The van der Waals surface area contributed by atoms with Crippen LogP contribution in [0.1, 0.15) is 16.1 Å². The van der Waals surface area contributed by atoms with Crippen LogP contribution in [0.2, 0.25) is 0 Å². The summed E-state index contributed by atoms with van der Waals surface area (Å²) in [6, 6.07) is 3.82. The van der Waals surface area contributed by atoms with Gasteiger partial charge in [-0.15, -0.1) is 0 Å². The molecule has 3 heteroatoms. The summed E-state index contributed by atoms with van der Waals surface area (Å²) in [4.78, 5) is 14.9. The van der Waals surface area contributed by atoms with Gasteiger partial charge in [0.15, 0.2) is 6.29 Å². The van der Waals surface area contributed by atoms with Crippen LogP contribution in [-0.4, -0.2) is 15.8 Å². The van der Waals surface area contributed by atoms with Crippen LogP contribution in [0.5, 0.6) is 0 Å². The Labute approximate surface area is 76.0 Å². The van der Waals surface area contributed by atoms with E-state index in [0.717, 1.165) is 22.9 Å². The van der Waals surface area contributed by atoms with Crippen LogP contribution in [0.4, 0.5) is 0 Å². The molecule has 2 rings (SSSR count). The lowest BCUT2D eigenvalue weighted by molar-refractivity contribution is 0.111. The molecule has 0 unspecified atom stereocenters. The largest absolute Gasteiger partial charge is 0.340 e. The van der Waals surface area contributed by atoms with Crippen LogP contribution in [0.15, 0.2) is 18.3 Å². The van der Waals surface area contributed by atoms with Gasteiger partial charge in [-0.3, -0.25) is 9.78 Å². The van der Waals surface area contributed by atoms with Crippen LogP contribution >= 0.6 is 0 Å². The van der Waals surface area contributed by atoms with E-state index in [-0.39, 0.29) is 0 Å². The van der Waals surface area contributed by atoms with Crippen LogP contribution in [0, 0.1) is 6.92 Å². The molecule has 0 aliphatic rings. The minimum atomic E-state index is 0.660. The second-order valence-corrected chi connectivity index (χ2v) is 3.16. The summed E-state index contributed by atoms with van der Waals surface area (Å²) in [5, 5.41) is 0. The minimum absolute atomic E-state index is 0.660. The van der Waals surface area contributed by atoms with Gasteiger partial charge in [-0.2, -0.15) is 0 Å². The maximum Gasteiger partial charge on any atom is 0.166 e. The topological polar surface area (TPSA) is 34.9 Å². The zero-order chi connectivity index (χ0) is 9.42. The van der Waals surface area contributed by atoms with Crippen molar-refractivity contribution in [1.82, 2.24) is 9.55 Å². The Morgan fingerprint density at radius 2 is 2.23 bits per heavy atom. The molecule has 13 heavy (non-hydrogen) atoms. The molecule has 0 radical (unpaired) electrons. The first-order chi connectivity index (χ1) is 6.22. The van der Waals surface area contributed by atoms with E-state index in [1.807, 2.05) is 24.6 Å². The number of rotatable bonds is 1. The van der Waals surface area contributed by atoms with E-state index in [4.69, 9.17) is 0 Å². The highest BCUT2D eigenvalue weighted by atomic mass is 16.1. The van der Waals surface area contributed by atoms with Gasteiger partial charge in [-0.05, 0) is 24.6 Å². The molecule has 0 aromatic carbocycles. The Bertz CT molecular complexity index is 471. The maximum atomic E-state index is 10.6. The fraction of sp³-hybridized carbons (Fsp3) is 0.200. The van der Waals surface area contributed by atoms with Gasteiger partial charge < -0.3 is 4.57 Å². The molecule has 0 saturated carbocycles. The molecule has 0 spiro atoms. The van der Waals surface area contributed by atoms with Crippen LogP contribution in [0.3, 0.4) is 0 Å². The molecule has 66 valence electrons. The highest BCUT2D eigenvalue weighted by Crippen LogP contribution is 2.16. The Balaban J connectivity index is 2.84. The number of nitrogens with zero attached hydrogens (tertiary/aromatic N) is 2. The molecular formula is C10H10N2O. The number of hydrogen-bond acceptors (Lipinski definition) is 2. The van der Waals surface area contributed by atoms with Gasteiger partial charge >= 0.3 is 0 Å². The number of fused-ring (bicyclic) bond motifs is 1. The molecule has 3 nitrogen and oxygen atoms in total. The zero-order valence-electron chi connectivity index (χ0n) is 7.61. The van der Waals surface area contributed by atoms with Gasteiger partial charge in [0, 0.05) is 13.2 Å². The molecule has 0 saturated heterocycles. The molecule has 0 fully saturated rings. The van der Waals surface area contributed by atoms with Crippen LogP contribution in [0.25, 0.3) is 11.0 Å². The average molecular weight is 174 g/mol. The van der Waals surface area contributed by atoms with Gasteiger partial charge in [0.25, 0.3) is 0 Å². The lowest BCUT2D eigenvalue weighted by Gasteiger charge is -1.97. The number of aryl methyl sites for hydroxylation is 2. The second kappa shape index (κ2) is 2.69. The van der Waals surface area contributed by atoms with Crippen LogP contribution < -0.4 is 0 Å². The highest BCUT2D eigenvalue weighted by molar-refractivity contribution is 5.86. The summed E-state index contributed by atoms with van der Waals surface area (Å²) in [6.45, 7) is 1.99. The second-order valence-electron chi connectivity index (χ2n) is 3.16. The molecule has 0 N–H and O–H groups in total. The van der Waals surface area contributed by atoms with Gasteiger partial charge in [0.1, 0.15) is 0 Å². The maximum absolute atomic E-state index is 10.6. The van der Waals surface area contributed by atoms with Crippen molar-refractivity contribution in [3.63, 3.8) is 0 Å². The zero-order valence-corrected chi connectivity index (χ0v) is 7.61. The van der Waals surface area contributed by atoms with Crippen molar-refractivity contribution in [1.29, 1.82) is 0 Å². The number of aldehydes is 1. The van der Waals surface area contributed by atoms with E-state index >= 15 is 0 Å². The van der Waals surface area contributed by atoms with Gasteiger partial charge in [-0.25, -0.2) is 0 Å². The number of hydrogen-bond donors (Lipinski definition) is 0. The summed E-state index contributed by atoms with van der Waals surface area (Å²) >= 11 is 0. The third-order valence-electron chi connectivity index (χ3n) is 2.19. The minimum Gasteiger partial charge on any atom is -0.340 e. The van der Waals surface area contributed by atoms with E-state index < -0.39 is 0 Å². The van der Waals surface area contributed by atoms with Crippen molar-refractivity contribution in [3.8, 4) is 0 Å². The molecular weight excluding hydrogens is 164 g/mol. The molecule has 0 atom stereocenters. The van der Waals surface area contributed by atoms with Gasteiger partial charge in [-0.1, -0.05) is 0 Å². The van der Waals surface area contributed by atoms with Crippen molar-refractivity contribution in [2.24, 2.45) is 7.05 Å².